The Balaban J connectivity index is 1.92. The largest absolute Gasteiger partial charge is 0.497 e. The monoisotopic (exact) mass is 375 g/mol. The molecule has 8 nitrogen and oxygen atoms in total. The summed E-state index contributed by atoms with van der Waals surface area (Å²) >= 11 is 1.61. The smallest absolute Gasteiger partial charge is 0.321 e. The number of aromatic nitrogens is 3. The van der Waals surface area contributed by atoms with E-state index in [2.05, 4.69) is 34.7 Å². The van der Waals surface area contributed by atoms with Gasteiger partial charge in [-0.15, -0.1) is 10.2 Å². The molecule has 138 valence electrons. The number of ether oxygens (including phenoxy) is 1. The zero-order valence-electron chi connectivity index (χ0n) is 14.9. The van der Waals surface area contributed by atoms with E-state index >= 15 is 0 Å². The number of carbonyl (C=O) groups excluding carboxylic acids is 2. The number of benzene rings is 1. The molecule has 2 aromatic rings. The van der Waals surface area contributed by atoms with Crippen LogP contribution in [0.25, 0.3) is 5.69 Å². The molecule has 0 spiro atoms. The molecule has 1 fully saturated rings. The minimum Gasteiger partial charge on any atom is -0.497 e. The zero-order chi connectivity index (χ0) is 18.7. The van der Waals surface area contributed by atoms with Crippen LogP contribution in [0, 0.1) is 0 Å². The lowest BCUT2D eigenvalue weighted by Crippen LogP contribution is -2.53. The standard InChI is InChI=1S/C17H21N5O3S/c1-10(2)26-17-21-20-14(8-11-9-15(23)19-16(24)18-11)22(17)12-4-6-13(25-3)7-5-12/h4-7,10-11H,8-9H2,1-3H3,(H2,18,19,23,24). The van der Waals surface area contributed by atoms with Gasteiger partial charge in [0.05, 0.1) is 7.11 Å². The number of amides is 3. The van der Waals surface area contributed by atoms with Gasteiger partial charge in [0.1, 0.15) is 11.6 Å². The Labute approximate surface area is 155 Å². The highest BCUT2D eigenvalue weighted by atomic mass is 32.2. The Bertz CT molecular complexity index is 787. The summed E-state index contributed by atoms with van der Waals surface area (Å²) in [6.45, 7) is 4.17. The molecule has 1 aliphatic rings. The summed E-state index contributed by atoms with van der Waals surface area (Å²) in [5, 5.41) is 14.7. The average Bonchev–Trinajstić information content (AvgIpc) is 2.95. The molecule has 26 heavy (non-hydrogen) atoms. The van der Waals surface area contributed by atoms with Gasteiger partial charge >= 0.3 is 6.03 Å². The van der Waals surface area contributed by atoms with Gasteiger partial charge in [0.25, 0.3) is 0 Å². The first-order chi connectivity index (χ1) is 12.5. The minimum atomic E-state index is -0.474. The number of methoxy groups -OCH3 is 1. The second kappa shape index (κ2) is 7.77. The lowest BCUT2D eigenvalue weighted by molar-refractivity contribution is -0.121. The van der Waals surface area contributed by atoms with Crippen LogP contribution in [-0.4, -0.2) is 45.1 Å². The molecule has 1 aromatic heterocycles. The topological polar surface area (TPSA) is 98.1 Å². The van der Waals surface area contributed by atoms with Gasteiger partial charge in [0.2, 0.25) is 5.91 Å². The van der Waals surface area contributed by atoms with E-state index in [1.54, 1.807) is 18.9 Å². The third kappa shape index (κ3) is 4.16. The van der Waals surface area contributed by atoms with Crippen molar-refractivity contribution in [1.82, 2.24) is 25.4 Å². The first kappa shape index (κ1) is 18.2. The Morgan fingerprint density at radius 2 is 2.00 bits per heavy atom. The Kier molecular flexibility index (Phi) is 5.46. The van der Waals surface area contributed by atoms with E-state index in [-0.39, 0.29) is 18.4 Å². The lowest BCUT2D eigenvalue weighted by atomic mass is 10.1. The molecule has 2 heterocycles. The quantitative estimate of drug-likeness (QED) is 0.749. The van der Waals surface area contributed by atoms with Crippen molar-refractivity contribution in [3.05, 3.63) is 30.1 Å². The summed E-state index contributed by atoms with van der Waals surface area (Å²) in [5.41, 5.74) is 0.903. The van der Waals surface area contributed by atoms with Gasteiger partial charge in [-0.1, -0.05) is 25.6 Å². The van der Waals surface area contributed by atoms with Crippen LogP contribution in [0.2, 0.25) is 0 Å². The molecule has 1 aromatic carbocycles. The van der Waals surface area contributed by atoms with Crippen LogP contribution in [0.3, 0.4) is 0 Å². The molecule has 3 amide bonds. The highest BCUT2D eigenvalue weighted by molar-refractivity contribution is 7.99. The van der Waals surface area contributed by atoms with E-state index in [4.69, 9.17) is 4.74 Å². The van der Waals surface area contributed by atoms with Gasteiger partial charge in [-0.2, -0.15) is 0 Å². The summed E-state index contributed by atoms with van der Waals surface area (Å²) in [6.07, 6.45) is 0.630. The molecular formula is C17H21N5O3S. The normalized spacial score (nSPS) is 17.2. The van der Waals surface area contributed by atoms with Crippen LogP contribution in [-0.2, 0) is 11.2 Å². The van der Waals surface area contributed by atoms with Crippen molar-refractivity contribution >= 4 is 23.7 Å². The van der Waals surface area contributed by atoms with E-state index in [1.165, 1.54) is 0 Å². The van der Waals surface area contributed by atoms with Gasteiger partial charge < -0.3 is 10.1 Å². The summed E-state index contributed by atoms with van der Waals surface area (Å²) < 4.78 is 7.18. The van der Waals surface area contributed by atoms with Crippen molar-refractivity contribution in [3.8, 4) is 11.4 Å². The van der Waals surface area contributed by atoms with Crippen LogP contribution in [0.4, 0.5) is 4.79 Å². The van der Waals surface area contributed by atoms with Crippen molar-refractivity contribution in [2.24, 2.45) is 0 Å². The molecule has 1 aliphatic heterocycles. The van der Waals surface area contributed by atoms with Crippen LogP contribution in [0.1, 0.15) is 26.1 Å². The van der Waals surface area contributed by atoms with Gasteiger partial charge in [-0.05, 0) is 24.3 Å². The molecular weight excluding hydrogens is 354 g/mol. The zero-order valence-corrected chi connectivity index (χ0v) is 15.7. The maximum atomic E-state index is 11.6. The number of hydrogen-bond donors (Lipinski definition) is 2. The van der Waals surface area contributed by atoms with Crippen molar-refractivity contribution < 1.29 is 14.3 Å². The molecule has 3 rings (SSSR count). The molecule has 9 heteroatoms. The average molecular weight is 375 g/mol. The number of nitrogens with one attached hydrogen (secondary N) is 2. The summed E-state index contributed by atoms with van der Waals surface area (Å²) in [6, 6.07) is 6.83. The predicted molar refractivity (Wildman–Crippen MR) is 97.7 cm³/mol. The summed E-state index contributed by atoms with van der Waals surface area (Å²) in [7, 11) is 1.62. The molecule has 0 saturated carbocycles. The lowest BCUT2D eigenvalue weighted by Gasteiger charge is -2.23. The van der Waals surface area contributed by atoms with Crippen LogP contribution in [0.15, 0.2) is 29.4 Å². The maximum absolute atomic E-state index is 11.6. The molecule has 1 saturated heterocycles. The van der Waals surface area contributed by atoms with Crippen molar-refractivity contribution in [3.63, 3.8) is 0 Å². The number of imide groups is 1. The van der Waals surface area contributed by atoms with Crippen LogP contribution < -0.4 is 15.4 Å². The van der Waals surface area contributed by atoms with Crippen molar-refractivity contribution in [1.29, 1.82) is 0 Å². The summed E-state index contributed by atoms with van der Waals surface area (Å²) in [4.78, 5) is 23.2. The Morgan fingerprint density at radius 3 is 2.62 bits per heavy atom. The second-order valence-corrected chi connectivity index (χ2v) is 7.77. The highest BCUT2D eigenvalue weighted by Crippen LogP contribution is 2.27. The fourth-order valence-electron chi connectivity index (χ4n) is 2.73. The highest BCUT2D eigenvalue weighted by Gasteiger charge is 2.26. The number of thioether (sulfide) groups is 1. The van der Waals surface area contributed by atoms with Crippen LogP contribution >= 0.6 is 11.8 Å². The van der Waals surface area contributed by atoms with Gasteiger partial charge in [0.15, 0.2) is 5.16 Å². The number of rotatable bonds is 6. The van der Waals surface area contributed by atoms with E-state index in [9.17, 15) is 9.59 Å². The molecule has 0 bridgehead atoms. The van der Waals surface area contributed by atoms with Gasteiger partial charge in [-0.3, -0.25) is 14.7 Å². The fourth-order valence-corrected chi connectivity index (χ4v) is 3.55. The number of urea groups is 1. The molecule has 1 unspecified atom stereocenters. The third-order valence-electron chi connectivity index (χ3n) is 3.82. The first-order valence-electron chi connectivity index (χ1n) is 8.32. The number of carbonyl (C=O) groups is 2. The van der Waals surface area contributed by atoms with E-state index in [1.807, 2.05) is 28.8 Å². The maximum Gasteiger partial charge on any atom is 0.321 e. The molecule has 2 N–H and O–H groups in total. The van der Waals surface area contributed by atoms with Crippen molar-refractivity contribution in [2.75, 3.05) is 7.11 Å². The second-order valence-electron chi connectivity index (χ2n) is 6.23. The Morgan fingerprint density at radius 1 is 1.27 bits per heavy atom. The van der Waals surface area contributed by atoms with Gasteiger partial charge in [-0.25, -0.2) is 4.79 Å². The molecule has 0 radical (unpaired) electrons. The third-order valence-corrected chi connectivity index (χ3v) is 4.77. The SMILES string of the molecule is COc1ccc(-n2c(CC3CC(=O)NC(=O)N3)nnc2SC(C)C)cc1. The van der Waals surface area contributed by atoms with E-state index < -0.39 is 6.03 Å². The number of hydrogen-bond acceptors (Lipinski definition) is 6. The van der Waals surface area contributed by atoms with Crippen molar-refractivity contribution in [2.45, 2.75) is 43.1 Å². The first-order valence-corrected chi connectivity index (χ1v) is 9.20. The summed E-state index contributed by atoms with van der Waals surface area (Å²) in [5.74, 6) is 1.17. The predicted octanol–water partition coefficient (Wildman–Crippen LogP) is 1.92. The van der Waals surface area contributed by atoms with Gasteiger partial charge in [0, 0.05) is 29.8 Å². The van der Waals surface area contributed by atoms with E-state index in [0.29, 0.717) is 17.5 Å². The van der Waals surface area contributed by atoms with Crippen LogP contribution in [0.5, 0.6) is 5.75 Å². The fraction of sp³-hybridized carbons (Fsp3) is 0.412. The Hall–Kier alpha value is -2.55. The molecule has 1 atom stereocenters. The van der Waals surface area contributed by atoms with E-state index in [0.717, 1.165) is 16.6 Å². The number of nitrogens with zero attached hydrogens (tertiary/aromatic N) is 3. The molecule has 0 aliphatic carbocycles. The minimum absolute atomic E-state index is 0.216.